The molecule has 0 heterocycles. The molecule has 0 amide bonds. The predicted octanol–water partition coefficient (Wildman–Crippen LogP) is 1.61. The van der Waals surface area contributed by atoms with E-state index in [2.05, 4.69) is 20.8 Å². The van der Waals surface area contributed by atoms with Crippen molar-refractivity contribution in [3.8, 4) is 0 Å². The van der Waals surface area contributed by atoms with E-state index in [1.54, 1.807) is 0 Å². The van der Waals surface area contributed by atoms with Crippen LogP contribution >= 0.6 is 0 Å². The molecule has 0 aliphatic heterocycles. The van der Waals surface area contributed by atoms with Crippen LogP contribution < -0.4 is 0 Å². The van der Waals surface area contributed by atoms with Crippen LogP contribution in [0.3, 0.4) is 0 Å². The first kappa shape index (κ1) is 15.8. The molecule has 0 unspecified atom stereocenters. The molecule has 0 aliphatic rings. The fraction of sp³-hybridized carbons (Fsp3) is 1.00. The zero-order valence-corrected chi connectivity index (χ0v) is 10.8. The van der Waals surface area contributed by atoms with E-state index in [0.717, 1.165) is 12.8 Å². The molecule has 0 aromatic heterocycles. The quantitative estimate of drug-likeness (QED) is 0.552. The summed E-state index contributed by atoms with van der Waals surface area (Å²) in [4.78, 5) is 0. The fourth-order valence-corrected chi connectivity index (χ4v) is 1.44. The van der Waals surface area contributed by atoms with Gasteiger partial charge in [0.15, 0.2) is 0 Å². The Morgan fingerprint density at radius 3 is 2.06 bits per heavy atom. The van der Waals surface area contributed by atoms with Crippen LogP contribution in [0.25, 0.3) is 0 Å². The van der Waals surface area contributed by atoms with Crippen LogP contribution in [0.1, 0.15) is 33.6 Å². The van der Waals surface area contributed by atoms with Crippen LogP contribution in [-0.2, 0) is 14.2 Å². The second-order valence-corrected chi connectivity index (χ2v) is 4.31. The minimum Gasteiger partial charge on any atom is -0.394 e. The average Bonchev–Trinajstić information content (AvgIpc) is 2.22. The molecule has 0 atom stereocenters. The van der Waals surface area contributed by atoms with Gasteiger partial charge in [0.1, 0.15) is 0 Å². The minimum absolute atomic E-state index is 0.0501. The van der Waals surface area contributed by atoms with Gasteiger partial charge in [-0.2, -0.15) is 0 Å². The second kappa shape index (κ2) is 10.0. The van der Waals surface area contributed by atoms with Crippen LogP contribution in [0.2, 0.25) is 0 Å². The number of rotatable bonds is 11. The highest BCUT2D eigenvalue weighted by Crippen LogP contribution is 2.15. The van der Waals surface area contributed by atoms with Gasteiger partial charge in [-0.3, -0.25) is 0 Å². The molecular formula is C12H26O4. The van der Waals surface area contributed by atoms with E-state index in [1.807, 2.05) is 0 Å². The van der Waals surface area contributed by atoms with Crippen LogP contribution in [0.15, 0.2) is 0 Å². The summed E-state index contributed by atoms with van der Waals surface area (Å²) in [5.41, 5.74) is -0.0501. The average molecular weight is 234 g/mol. The number of aliphatic hydroxyl groups is 1. The standard InChI is InChI=1S/C12H26O4/c1-4-5-12(2,3)16-11-10-15-9-8-14-7-6-13/h13H,4-11H2,1-3H3. The van der Waals surface area contributed by atoms with E-state index >= 15 is 0 Å². The third-order valence-corrected chi connectivity index (χ3v) is 2.18. The Hall–Kier alpha value is -0.160. The van der Waals surface area contributed by atoms with Gasteiger partial charge >= 0.3 is 0 Å². The van der Waals surface area contributed by atoms with Crippen molar-refractivity contribution in [1.82, 2.24) is 0 Å². The second-order valence-electron chi connectivity index (χ2n) is 4.31. The van der Waals surface area contributed by atoms with E-state index in [9.17, 15) is 0 Å². The van der Waals surface area contributed by atoms with E-state index in [-0.39, 0.29) is 12.2 Å². The number of ether oxygens (including phenoxy) is 3. The van der Waals surface area contributed by atoms with Crippen molar-refractivity contribution >= 4 is 0 Å². The Labute approximate surface area is 98.9 Å². The van der Waals surface area contributed by atoms with Crippen molar-refractivity contribution in [2.24, 2.45) is 0 Å². The zero-order chi connectivity index (χ0) is 12.3. The number of aliphatic hydroxyl groups excluding tert-OH is 1. The Balaban J connectivity index is 3.20. The highest BCUT2D eigenvalue weighted by atomic mass is 16.6. The third kappa shape index (κ3) is 10.4. The molecular weight excluding hydrogens is 208 g/mol. The highest BCUT2D eigenvalue weighted by molar-refractivity contribution is 4.66. The molecule has 0 aromatic carbocycles. The molecule has 0 fully saturated rings. The van der Waals surface area contributed by atoms with Crippen LogP contribution in [0.5, 0.6) is 0 Å². The van der Waals surface area contributed by atoms with Crippen molar-refractivity contribution in [2.45, 2.75) is 39.2 Å². The van der Waals surface area contributed by atoms with Crippen molar-refractivity contribution < 1.29 is 19.3 Å². The molecule has 0 rings (SSSR count). The van der Waals surface area contributed by atoms with E-state index in [0.29, 0.717) is 33.0 Å². The topological polar surface area (TPSA) is 47.9 Å². The lowest BCUT2D eigenvalue weighted by atomic mass is 10.0. The third-order valence-electron chi connectivity index (χ3n) is 2.18. The first-order chi connectivity index (χ1) is 7.62. The van der Waals surface area contributed by atoms with Crippen LogP contribution in [-0.4, -0.2) is 50.3 Å². The van der Waals surface area contributed by atoms with Crippen molar-refractivity contribution in [2.75, 3.05) is 39.6 Å². The first-order valence-electron chi connectivity index (χ1n) is 6.02. The molecule has 0 aromatic rings. The molecule has 4 nitrogen and oxygen atoms in total. The van der Waals surface area contributed by atoms with Gasteiger partial charge in [-0.1, -0.05) is 13.3 Å². The first-order valence-corrected chi connectivity index (χ1v) is 6.02. The fourth-order valence-electron chi connectivity index (χ4n) is 1.44. The summed E-state index contributed by atoms with van der Waals surface area (Å²) in [6, 6.07) is 0. The normalized spacial score (nSPS) is 12.0. The summed E-state index contributed by atoms with van der Waals surface area (Å²) < 4.78 is 16.1. The summed E-state index contributed by atoms with van der Waals surface area (Å²) in [6.07, 6.45) is 2.19. The summed E-state index contributed by atoms with van der Waals surface area (Å²) in [5, 5.41) is 8.46. The van der Waals surface area contributed by atoms with Crippen LogP contribution in [0, 0.1) is 0 Å². The summed E-state index contributed by atoms with van der Waals surface area (Å²) in [7, 11) is 0. The van der Waals surface area contributed by atoms with Crippen molar-refractivity contribution in [3.63, 3.8) is 0 Å². The van der Waals surface area contributed by atoms with E-state index in [1.165, 1.54) is 0 Å². The highest BCUT2D eigenvalue weighted by Gasteiger charge is 2.16. The molecule has 0 saturated heterocycles. The van der Waals surface area contributed by atoms with Gasteiger partial charge in [-0.15, -0.1) is 0 Å². The molecule has 98 valence electrons. The number of hydrogen-bond donors (Lipinski definition) is 1. The molecule has 4 heteroatoms. The van der Waals surface area contributed by atoms with E-state index in [4.69, 9.17) is 19.3 Å². The Morgan fingerprint density at radius 2 is 1.50 bits per heavy atom. The lowest BCUT2D eigenvalue weighted by Gasteiger charge is -2.24. The predicted molar refractivity (Wildman–Crippen MR) is 63.7 cm³/mol. The molecule has 0 radical (unpaired) electrons. The molecule has 1 N–H and O–H groups in total. The van der Waals surface area contributed by atoms with Crippen molar-refractivity contribution in [1.29, 1.82) is 0 Å². The minimum atomic E-state index is -0.0501. The maximum atomic E-state index is 8.46. The summed E-state index contributed by atoms with van der Waals surface area (Å²) >= 11 is 0. The Bertz CT molecular complexity index is 148. The maximum absolute atomic E-state index is 8.46. The number of hydrogen-bond acceptors (Lipinski definition) is 4. The zero-order valence-electron chi connectivity index (χ0n) is 10.8. The van der Waals surface area contributed by atoms with Gasteiger partial charge in [0.05, 0.1) is 45.2 Å². The smallest absolute Gasteiger partial charge is 0.0707 e. The Morgan fingerprint density at radius 1 is 0.938 bits per heavy atom. The molecule has 16 heavy (non-hydrogen) atoms. The Kier molecular flexibility index (Phi) is 9.92. The largest absolute Gasteiger partial charge is 0.394 e. The molecule has 0 aliphatic carbocycles. The summed E-state index contributed by atoms with van der Waals surface area (Å²) in [5.74, 6) is 0. The summed E-state index contributed by atoms with van der Waals surface area (Å²) in [6.45, 7) is 9.08. The van der Waals surface area contributed by atoms with Crippen molar-refractivity contribution in [3.05, 3.63) is 0 Å². The van der Waals surface area contributed by atoms with Gasteiger partial charge in [0, 0.05) is 0 Å². The lowest BCUT2D eigenvalue weighted by molar-refractivity contribution is -0.0568. The van der Waals surface area contributed by atoms with E-state index < -0.39 is 0 Å². The molecule has 0 bridgehead atoms. The van der Waals surface area contributed by atoms with Gasteiger partial charge in [-0.05, 0) is 20.3 Å². The van der Waals surface area contributed by atoms with Gasteiger partial charge in [0.25, 0.3) is 0 Å². The molecule has 0 saturated carbocycles. The van der Waals surface area contributed by atoms with Gasteiger partial charge < -0.3 is 19.3 Å². The van der Waals surface area contributed by atoms with Gasteiger partial charge in [0.2, 0.25) is 0 Å². The SMILES string of the molecule is CCCC(C)(C)OCCOCCOCCO. The maximum Gasteiger partial charge on any atom is 0.0707 e. The monoisotopic (exact) mass is 234 g/mol. The lowest BCUT2D eigenvalue weighted by Crippen LogP contribution is -2.26. The van der Waals surface area contributed by atoms with Crippen LogP contribution in [0.4, 0.5) is 0 Å². The molecule has 0 spiro atoms. The van der Waals surface area contributed by atoms with Gasteiger partial charge in [-0.25, -0.2) is 0 Å².